The summed E-state index contributed by atoms with van der Waals surface area (Å²) in [6.07, 6.45) is 0. The normalized spacial score (nSPS) is 20.2. The first-order chi connectivity index (χ1) is 9.65. The van der Waals surface area contributed by atoms with Gasteiger partial charge in [0, 0.05) is 6.54 Å². The van der Waals surface area contributed by atoms with Gasteiger partial charge in [-0.25, -0.2) is 0 Å². The number of carbonyl (C=O) groups excluding carboxylic acids is 1. The summed E-state index contributed by atoms with van der Waals surface area (Å²) in [5.41, 5.74) is 1.16. The number of ether oxygens (including phenoxy) is 2. The molecule has 5 nitrogen and oxygen atoms in total. The molecule has 2 N–H and O–H groups in total. The van der Waals surface area contributed by atoms with Crippen molar-refractivity contribution in [3.8, 4) is 5.75 Å². The molecule has 2 rings (SSSR count). The summed E-state index contributed by atoms with van der Waals surface area (Å²) in [7, 11) is 0. The Morgan fingerprint density at radius 3 is 3.15 bits per heavy atom. The highest BCUT2D eigenvalue weighted by atomic mass is 16.5. The van der Waals surface area contributed by atoms with Crippen LogP contribution in [0.2, 0.25) is 0 Å². The van der Waals surface area contributed by atoms with E-state index in [2.05, 4.69) is 10.6 Å². The molecule has 1 aliphatic heterocycles. The van der Waals surface area contributed by atoms with Crippen molar-refractivity contribution in [3.05, 3.63) is 29.8 Å². The second-order valence-corrected chi connectivity index (χ2v) is 5.12. The quantitative estimate of drug-likeness (QED) is 0.839. The van der Waals surface area contributed by atoms with Crippen molar-refractivity contribution in [3.63, 3.8) is 0 Å². The number of aryl methyl sites for hydroxylation is 1. The van der Waals surface area contributed by atoms with Gasteiger partial charge in [-0.3, -0.25) is 4.79 Å². The predicted octanol–water partition coefficient (Wildman–Crippen LogP) is 0.867. The van der Waals surface area contributed by atoms with Gasteiger partial charge in [-0.05, 0) is 31.5 Å². The molecule has 0 spiro atoms. The first-order valence-corrected chi connectivity index (χ1v) is 6.96. The fourth-order valence-corrected chi connectivity index (χ4v) is 2.05. The molecule has 110 valence electrons. The van der Waals surface area contributed by atoms with Crippen LogP contribution in [-0.4, -0.2) is 44.4 Å². The molecule has 0 bridgehead atoms. The highest BCUT2D eigenvalue weighted by Gasteiger charge is 2.22. The molecule has 20 heavy (non-hydrogen) atoms. The maximum absolute atomic E-state index is 12.0. The molecule has 0 saturated carbocycles. The van der Waals surface area contributed by atoms with Crippen LogP contribution in [0.5, 0.6) is 5.75 Å². The van der Waals surface area contributed by atoms with Gasteiger partial charge in [0.1, 0.15) is 18.4 Å². The van der Waals surface area contributed by atoms with Crippen molar-refractivity contribution in [1.29, 1.82) is 0 Å². The van der Waals surface area contributed by atoms with E-state index in [4.69, 9.17) is 9.47 Å². The van der Waals surface area contributed by atoms with Crippen molar-refractivity contribution < 1.29 is 14.3 Å². The maximum Gasteiger partial charge on any atom is 0.239 e. The summed E-state index contributed by atoms with van der Waals surface area (Å²) in [5.74, 6) is 0.787. The minimum Gasteiger partial charge on any atom is -0.491 e. The minimum absolute atomic E-state index is 0.0370. The second-order valence-electron chi connectivity index (χ2n) is 5.12. The topological polar surface area (TPSA) is 59.6 Å². The lowest BCUT2D eigenvalue weighted by molar-refractivity contribution is -0.126. The van der Waals surface area contributed by atoms with E-state index in [-0.39, 0.29) is 18.0 Å². The molecule has 1 saturated heterocycles. The van der Waals surface area contributed by atoms with E-state index in [1.807, 2.05) is 38.1 Å². The Kier molecular flexibility index (Phi) is 5.38. The molecule has 1 aromatic carbocycles. The van der Waals surface area contributed by atoms with Gasteiger partial charge in [-0.15, -0.1) is 0 Å². The zero-order valence-corrected chi connectivity index (χ0v) is 12.0. The van der Waals surface area contributed by atoms with Crippen molar-refractivity contribution in [2.45, 2.75) is 25.9 Å². The minimum atomic E-state index is -0.259. The molecule has 1 aromatic rings. The Morgan fingerprint density at radius 2 is 2.45 bits per heavy atom. The lowest BCUT2D eigenvalue weighted by atomic mass is 10.2. The summed E-state index contributed by atoms with van der Waals surface area (Å²) in [5, 5.41) is 6.06. The maximum atomic E-state index is 12.0. The number of carbonyl (C=O) groups is 1. The third-order valence-corrected chi connectivity index (χ3v) is 3.12. The Bertz CT molecular complexity index is 444. The highest BCUT2D eigenvalue weighted by molar-refractivity contribution is 5.82. The van der Waals surface area contributed by atoms with Crippen LogP contribution < -0.4 is 15.4 Å². The SMILES string of the molecule is Cc1cccc(OCC(C)NC(=O)C2COCCN2)c1. The Balaban J connectivity index is 1.74. The average molecular weight is 278 g/mol. The molecule has 5 heteroatoms. The summed E-state index contributed by atoms with van der Waals surface area (Å²) in [4.78, 5) is 12.0. The molecule has 2 atom stereocenters. The summed E-state index contributed by atoms with van der Waals surface area (Å²) < 4.78 is 10.9. The fourth-order valence-electron chi connectivity index (χ4n) is 2.05. The van der Waals surface area contributed by atoms with Crippen LogP contribution in [0.3, 0.4) is 0 Å². The van der Waals surface area contributed by atoms with Gasteiger partial charge in [0.15, 0.2) is 0 Å². The number of nitrogens with one attached hydrogen (secondary N) is 2. The average Bonchev–Trinajstić information content (AvgIpc) is 2.46. The Hall–Kier alpha value is -1.59. The van der Waals surface area contributed by atoms with E-state index in [9.17, 15) is 4.79 Å². The van der Waals surface area contributed by atoms with Crippen molar-refractivity contribution >= 4 is 5.91 Å². The zero-order valence-electron chi connectivity index (χ0n) is 12.0. The van der Waals surface area contributed by atoms with Crippen molar-refractivity contribution in [2.75, 3.05) is 26.4 Å². The monoisotopic (exact) mass is 278 g/mol. The number of morpholine rings is 1. The van der Waals surface area contributed by atoms with E-state index < -0.39 is 0 Å². The second kappa shape index (κ2) is 7.26. The summed E-state index contributed by atoms with van der Waals surface area (Å²) in [6, 6.07) is 7.56. The Morgan fingerprint density at radius 1 is 1.60 bits per heavy atom. The first kappa shape index (κ1) is 14.8. The van der Waals surface area contributed by atoms with E-state index in [1.165, 1.54) is 0 Å². The molecule has 0 aromatic heterocycles. The standard InChI is InChI=1S/C15H22N2O3/c1-11-4-3-5-13(8-11)20-9-12(2)17-15(18)14-10-19-7-6-16-14/h3-5,8,12,14,16H,6-7,9-10H2,1-2H3,(H,17,18). The van der Waals surface area contributed by atoms with Gasteiger partial charge in [0.2, 0.25) is 5.91 Å². The number of hydrogen-bond donors (Lipinski definition) is 2. The van der Waals surface area contributed by atoms with Crippen LogP contribution in [0.25, 0.3) is 0 Å². The van der Waals surface area contributed by atoms with Gasteiger partial charge < -0.3 is 20.1 Å². The van der Waals surface area contributed by atoms with Crippen LogP contribution in [0.4, 0.5) is 0 Å². The van der Waals surface area contributed by atoms with Gasteiger partial charge in [-0.2, -0.15) is 0 Å². The number of hydrogen-bond acceptors (Lipinski definition) is 4. The molecule has 2 unspecified atom stereocenters. The van der Waals surface area contributed by atoms with E-state index in [0.717, 1.165) is 11.3 Å². The van der Waals surface area contributed by atoms with Gasteiger partial charge in [0.25, 0.3) is 0 Å². The molecule has 0 aliphatic carbocycles. The molecule has 1 amide bonds. The lowest BCUT2D eigenvalue weighted by Gasteiger charge is -2.24. The summed E-state index contributed by atoms with van der Waals surface area (Å²) >= 11 is 0. The highest BCUT2D eigenvalue weighted by Crippen LogP contribution is 2.12. The van der Waals surface area contributed by atoms with Crippen LogP contribution in [0.15, 0.2) is 24.3 Å². The molecule has 0 radical (unpaired) electrons. The molecule has 1 aliphatic rings. The van der Waals surface area contributed by atoms with E-state index in [0.29, 0.717) is 26.4 Å². The zero-order chi connectivity index (χ0) is 14.4. The van der Waals surface area contributed by atoms with Gasteiger partial charge in [-0.1, -0.05) is 12.1 Å². The predicted molar refractivity (Wildman–Crippen MR) is 76.9 cm³/mol. The Labute approximate surface area is 119 Å². The van der Waals surface area contributed by atoms with Crippen LogP contribution >= 0.6 is 0 Å². The third kappa shape index (κ3) is 4.51. The number of rotatable bonds is 5. The molecule has 1 heterocycles. The molecular weight excluding hydrogens is 256 g/mol. The first-order valence-electron chi connectivity index (χ1n) is 6.96. The third-order valence-electron chi connectivity index (χ3n) is 3.12. The largest absolute Gasteiger partial charge is 0.491 e. The molecule has 1 fully saturated rings. The lowest BCUT2D eigenvalue weighted by Crippen LogP contribution is -2.53. The van der Waals surface area contributed by atoms with E-state index in [1.54, 1.807) is 0 Å². The van der Waals surface area contributed by atoms with Crippen LogP contribution in [0.1, 0.15) is 12.5 Å². The van der Waals surface area contributed by atoms with Crippen LogP contribution in [0, 0.1) is 6.92 Å². The van der Waals surface area contributed by atoms with E-state index >= 15 is 0 Å². The van der Waals surface area contributed by atoms with Gasteiger partial charge >= 0.3 is 0 Å². The molecular formula is C15H22N2O3. The number of benzene rings is 1. The van der Waals surface area contributed by atoms with Crippen LogP contribution in [-0.2, 0) is 9.53 Å². The summed E-state index contributed by atoms with van der Waals surface area (Å²) in [6.45, 7) is 6.20. The van der Waals surface area contributed by atoms with Crippen molar-refractivity contribution in [2.24, 2.45) is 0 Å². The smallest absolute Gasteiger partial charge is 0.239 e. The fraction of sp³-hybridized carbons (Fsp3) is 0.533. The number of amides is 1. The van der Waals surface area contributed by atoms with Gasteiger partial charge in [0.05, 0.1) is 19.3 Å². The van der Waals surface area contributed by atoms with Crippen molar-refractivity contribution in [1.82, 2.24) is 10.6 Å².